The van der Waals surface area contributed by atoms with E-state index < -0.39 is 17.5 Å². The molecule has 23 heavy (non-hydrogen) atoms. The van der Waals surface area contributed by atoms with Crippen LogP contribution >= 0.6 is 0 Å². The molecule has 5 heteroatoms. The smallest absolute Gasteiger partial charge is 0.194 e. The Kier molecular flexibility index (Phi) is 4.68. The molecular formula is C18H17F3O2. The van der Waals surface area contributed by atoms with E-state index in [0.717, 1.165) is 30.5 Å². The Bertz CT molecular complexity index is 662. The molecule has 0 N–H and O–H groups in total. The predicted octanol–water partition coefficient (Wildman–Crippen LogP) is 4.99. The van der Waals surface area contributed by atoms with E-state index in [1.807, 2.05) is 19.1 Å². The molecule has 0 aliphatic carbocycles. The van der Waals surface area contributed by atoms with Crippen molar-refractivity contribution in [3.05, 3.63) is 59.4 Å². The van der Waals surface area contributed by atoms with Crippen molar-refractivity contribution < 1.29 is 22.6 Å². The first-order valence-electron chi connectivity index (χ1n) is 7.60. The first-order chi connectivity index (χ1) is 11.1. The van der Waals surface area contributed by atoms with E-state index in [1.54, 1.807) is 12.1 Å². The van der Waals surface area contributed by atoms with Crippen molar-refractivity contribution in [2.24, 2.45) is 0 Å². The van der Waals surface area contributed by atoms with E-state index in [1.165, 1.54) is 0 Å². The molecule has 1 fully saturated rings. The van der Waals surface area contributed by atoms with Crippen LogP contribution in [0.15, 0.2) is 36.4 Å². The largest absolute Gasteiger partial charge is 0.353 e. The summed E-state index contributed by atoms with van der Waals surface area (Å²) in [5, 5.41) is 0. The molecule has 2 nitrogen and oxygen atoms in total. The lowest BCUT2D eigenvalue weighted by Gasteiger charge is -2.14. The Morgan fingerprint density at radius 2 is 1.65 bits per heavy atom. The third-order valence-electron chi connectivity index (χ3n) is 3.93. The molecule has 1 saturated heterocycles. The number of hydrogen-bond donors (Lipinski definition) is 0. The van der Waals surface area contributed by atoms with Crippen molar-refractivity contribution in [1.82, 2.24) is 0 Å². The van der Waals surface area contributed by atoms with Gasteiger partial charge in [0, 0.05) is 13.0 Å². The SMILES string of the molecule is CCOC1CCC(c2ccc(-c3cc(F)c(F)c(F)c3)cc2)O1. The lowest BCUT2D eigenvalue weighted by atomic mass is 10.0. The summed E-state index contributed by atoms with van der Waals surface area (Å²) in [6.45, 7) is 2.53. The number of benzene rings is 2. The third kappa shape index (κ3) is 3.41. The van der Waals surface area contributed by atoms with Crippen LogP contribution in [0.4, 0.5) is 13.2 Å². The van der Waals surface area contributed by atoms with Crippen molar-refractivity contribution in [3.8, 4) is 11.1 Å². The Morgan fingerprint density at radius 3 is 2.26 bits per heavy atom. The Hall–Kier alpha value is -1.85. The van der Waals surface area contributed by atoms with E-state index in [4.69, 9.17) is 9.47 Å². The van der Waals surface area contributed by atoms with Crippen LogP contribution in [0.2, 0.25) is 0 Å². The van der Waals surface area contributed by atoms with Crippen LogP contribution in [0.3, 0.4) is 0 Å². The van der Waals surface area contributed by atoms with Crippen molar-refractivity contribution >= 4 is 0 Å². The average molecular weight is 322 g/mol. The first-order valence-corrected chi connectivity index (χ1v) is 7.60. The van der Waals surface area contributed by atoms with Gasteiger partial charge in [-0.2, -0.15) is 0 Å². The van der Waals surface area contributed by atoms with Crippen molar-refractivity contribution in [2.75, 3.05) is 6.61 Å². The van der Waals surface area contributed by atoms with Crippen LogP contribution in [-0.4, -0.2) is 12.9 Å². The van der Waals surface area contributed by atoms with Gasteiger partial charge in [0.15, 0.2) is 23.7 Å². The van der Waals surface area contributed by atoms with Gasteiger partial charge in [-0.3, -0.25) is 0 Å². The normalized spacial score (nSPS) is 20.9. The molecule has 2 atom stereocenters. The summed E-state index contributed by atoms with van der Waals surface area (Å²) in [7, 11) is 0. The van der Waals surface area contributed by atoms with E-state index in [0.29, 0.717) is 17.7 Å². The molecule has 3 rings (SSSR count). The zero-order valence-electron chi connectivity index (χ0n) is 12.7. The summed E-state index contributed by atoms with van der Waals surface area (Å²) in [4.78, 5) is 0. The molecule has 2 aromatic rings. The minimum atomic E-state index is -1.45. The molecule has 0 radical (unpaired) electrons. The molecule has 0 bridgehead atoms. The maximum Gasteiger partial charge on any atom is 0.194 e. The molecule has 1 aliphatic heterocycles. The second kappa shape index (κ2) is 6.72. The lowest BCUT2D eigenvalue weighted by molar-refractivity contribution is -0.131. The standard InChI is InChI=1S/C18H17F3O2/c1-2-22-17-8-7-16(23-17)12-5-3-11(4-6-12)13-9-14(19)18(21)15(20)10-13/h3-6,9-10,16-17H,2,7-8H2,1H3. The number of ether oxygens (including phenoxy) is 2. The van der Waals surface area contributed by atoms with E-state index in [2.05, 4.69) is 0 Å². The highest BCUT2D eigenvalue weighted by Gasteiger charge is 2.26. The summed E-state index contributed by atoms with van der Waals surface area (Å²) < 4.78 is 50.9. The summed E-state index contributed by atoms with van der Waals surface area (Å²) in [6.07, 6.45) is 1.49. The molecule has 0 amide bonds. The van der Waals surface area contributed by atoms with Crippen LogP contribution < -0.4 is 0 Å². The van der Waals surface area contributed by atoms with E-state index in [-0.39, 0.29) is 12.4 Å². The fraction of sp³-hybridized carbons (Fsp3) is 0.333. The maximum absolute atomic E-state index is 13.3. The van der Waals surface area contributed by atoms with Gasteiger partial charge in [0.25, 0.3) is 0 Å². The van der Waals surface area contributed by atoms with Crippen molar-refractivity contribution in [3.63, 3.8) is 0 Å². The molecule has 0 aromatic heterocycles. The maximum atomic E-state index is 13.3. The summed E-state index contributed by atoms with van der Waals surface area (Å²) in [6, 6.07) is 9.19. The van der Waals surface area contributed by atoms with Gasteiger partial charge in [0.05, 0.1) is 6.10 Å². The van der Waals surface area contributed by atoms with Gasteiger partial charge in [-0.25, -0.2) is 13.2 Å². The predicted molar refractivity (Wildman–Crippen MR) is 80.2 cm³/mol. The number of halogens is 3. The summed E-state index contributed by atoms with van der Waals surface area (Å²) in [5.41, 5.74) is 1.90. The molecule has 1 aliphatic rings. The van der Waals surface area contributed by atoms with Crippen LogP contribution in [0.1, 0.15) is 31.4 Å². The third-order valence-corrected chi connectivity index (χ3v) is 3.93. The topological polar surface area (TPSA) is 18.5 Å². The fourth-order valence-electron chi connectivity index (χ4n) is 2.77. The molecule has 122 valence electrons. The number of rotatable bonds is 4. The Labute approximate surface area is 132 Å². The zero-order valence-corrected chi connectivity index (χ0v) is 12.7. The van der Waals surface area contributed by atoms with Gasteiger partial charge >= 0.3 is 0 Å². The van der Waals surface area contributed by atoms with Gasteiger partial charge < -0.3 is 9.47 Å². The minimum absolute atomic E-state index is 0.0395. The molecule has 0 saturated carbocycles. The van der Waals surface area contributed by atoms with Gasteiger partial charge in [0.2, 0.25) is 0 Å². The quantitative estimate of drug-likeness (QED) is 0.739. The molecule has 2 unspecified atom stereocenters. The van der Waals surface area contributed by atoms with Crippen LogP contribution in [0, 0.1) is 17.5 Å². The highest BCUT2D eigenvalue weighted by molar-refractivity contribution is 5.64. The second-order valence-corrected chi connectivity index (χ2v) is 5.46. The molecule has 1 heterocycles. The molecule has 2 aromatic carbocycles. The Morgan fingerprint density at radius 1 is 1.00 bits per heavy atom. The molecule has 0 spiro atoms. The lowest BCUT2D eigenvalue weighted by Crippen LogP contribution is -2.10. The second-order valence-electron chi connectivity index (χ2n) is 5.46. The minimum Gasteiger partial charge on any atom is -0.353 e. The average Bonchev–Trinajstić information content (AvgIpc) is 3.01. The van der Waals surface area contributed by atoms with Crippen LogP contribution in [-0.2, 0) is 9.47 Å². The highest BCUT2D eigenvalue weighted by Crippen LogP contribution is 2.34. The summed E-state index contributed by atoms with van der Waals surface area (Å²) >= 11 is 0. The zero-order chi connectivity index (χ0) is 16.4. The van der Waals surface area contributed by atoms with E-state index >= 15 is 0 Å². The first kappa shape index (κ1) is 16.0. The Balaban J connectivity index is 1.78. The van der Waals surface area contributed by atoms with Gasteiger partial charge in [-0.05, 0) is 42.2 Å². The summed E-state index contributed by atoms with van der Waals surface area (Å²) in [5.74, 6) is -3.84. The van der Waals surface area contributed by atoms with E-state index in [9.17, 15) is 13.2 Å². The fourth-order valence-corrected chi connectivity index (χ4v) is 2.77. The van der Waals surface area contributed by atoms with Gasteiger partial charge in [-0.15, -0.1) is 0 Å². The van der Waals surface area contributed by atoms with Crippen LogP contribution in [0.5, 0.6) is 0 Å². The van der Waals surface area contributed by atoms with Gasteiger partial charge in [-0.1, -0.05) is 24.3 Å². The number of hydrogen-bond acceptors (Lipinski definition) is 2. The highest BCUT2D eigenvalue weighted by atomic mass is 19.2. The van der Waals surface area contributed by atoms with Gasteiger partial charge in [0.1, 0.15) is 0 Å². The monoisotopic (exact) mass is 322 g/mol. The van der Waals surface area contributed by atoms with Crippen molar-refractivity contribution in [2.45, 2.75) is 32.2 Å². The van der Waals surface area contributed by atoms with Crippen molar-refractivity contribution in [1.29, 1.82) is 0 Å². The molecular weight excluding hydrogens is 305 g/mol. The van der Waals surface area contributed by atoms with Crippen LogP contribution in [0.25, 0.3) is 11.1 Å².